The van der Waals surface area contributed by atoms with Crippen LogP contribution in [0, 0.1) is 6.92 Å². The maximum atomic E-state index is 13.4. The molecule has 33 heavy (non-hydrogen) atoms. The summed E-state index contributed by atoms with van der Waals surface area (Å²) >= 11 is 0. The summed E-state index contributed by atoms with van der Waals surface area (Å²) in [6.07, 6.45) is 0. The summed E-state index contributed by atoms with van der Waals surface area (Å²) in [6.45, 7) is 6.26. The molecule has 1 amide bonds. The summed E-state index contributed by atoms with van der Waals surface area (Å²) in [6, 6.07) is 20.8. The van der Waals surface area contributed by atoms with E-state index < -0.39 is 10.0 Å². The minimum atomic E-state index is -3.83. The van der Waals surface area contributed by atoms with E-state index >= 15 is 0 Å². The van der Waals surface area contributed by atoms with Gasteiger partial charge in [0.25, 0.3) is 15.9 Å². The molecule has 7 heteroatoms. The zero-order valence-electron chi connectivity index (χ0n) is 19.6. The molecule has 0 radical (unpaired) electrons. The van der Waals surface area contributed by atoms with Crippen molar-refractivity contribution in [3.8, 4) is 5.75 Å². The summed E-state index contributed by atoms with van der Waals surface area (Å²) < 4.78 is 33.0. The van der Waals surface area contributed by atoms with Gasteiger partial charge in [0, 0.05) is 19.2 Å². The molecular formula is C26H30N2O4S. The van der Waals surface area contributed by atoms with Crippen LogP contribution in [0.4, 0.5) is 5.69 Å². The minimum Gasteiger partial charge on any atom is -0.497 e. The number of amides is 1. The predicted octanol–water partition coefficient (Wildman–Crippen LogP) is 5.05. The molecule has 3 aromatic carbocycles. The molecule has 0 heterocycles. The third kappa shape index (κ3) is 5.20. The molecule has 0 fully saturated rings. The Hall–Kier alpha value is -3.32. The average molecular weight is 467 g/mol. The second-order valence-corrected chi connectivity index (χ2v) is 9.85. The lowest BCUT2D eigenvalue weighted by Gasteiger charge is -2.29. The number of nitrogens with zero attached hydrogens (tertiary/aromatic N) is 2. The average Bonchev–Trinajstić information content (AvgIpc) is 2.84. The van der Waals surface area contributed by atoms with E-state index in [0.29, 0.717) is 17.8 Å². The maximum Gasteiger partial charge on any atom is 0.264 e. The Kier molecular flexibility index (Phi) is 7.43. The number of rotatable bonds is 8. The Balaban J connectivity index is 1.90. The standard InChI is InChI=1S/C26H30N2O4S/c1-6-28(20(3)21-9-7-11-24(17-21)32-5)26(29)22-10-8-12-25(18-22)33(30,31)27(4)23-15-13-19(2)14-16-23/h7-18,20H,6H2,1-5H3. The van der Waals surface area contributed by atoms with E-state index in [0.717, 1.165) is 16.9 Å². The monoisotopic (exact) mass is 466 g/mol. The highest BCUT2D eigenvalue weighted by Gasteiger charge is 2.25. The van der Waals surface area contributed by atoms with Crippen LogP contribution in [0.5, 0.6) is 5.75 Å². The molecule has 3 aromatic rings. The quantitative estimate of drug-likeness (QED) is 0.466. The molecule has 1 atom stereocenters. The topological polar surface area (TPSA) is 66.9 Å². The summed E-state index contributed by atoms with van der Waals surface area (Å²) in [4.78, 5) is 15.2. The van der Waals surface area contributed by atoms with Crippen molar-refractivity contribution in [2.75, 3.05) is 25.0 Å². The number of carbonyl (C=O) groups is 1. The van der Waals surface area contributed by atoms with Crippen molar-refractivity contribution in [2.45, 2.75) is 31.7 Å². The van der Waals surface area contributed by atoms with Gasteiger partial charge < -0.3 is 9.64 Å². The van der Waals surface area contributed by atoms with Crippen molar-refractivity contribution >= 4 is 21.6 Å². The van der Waals surface area contributed by atoms with Gasteiger partial charge >= 0.3 is 0 Å². The highest BCUT2D eigenvalue weighted by Crippen LogP contribution is 2.27. The van der Waals surface area contributed by atoms with E-state index in [2.05, 4.69) is 0 Å². The van der Waals surface area contributed by atoms with Crippen molar-refractivity contribution < 1.29 is 17.9 Å². The zero-order chi connectivity index (χ0) is 24.2. The molecule has 0 aliphatic rings. The lowest BCUT2D eigenvalue weighted by Crippen LogP contribution is -2.33. The molecule has 0 spiro atoms. The SMILES string of the molecule is CCN(C(=O)c1cccc(S(=O)(=O)N(C)c2ccc(C)cc2)c1)C(C)c1cccc(OC)c1. The number of carbonyl (C=O) groups excluding carboxylic acids is 1. The molecule has 174 valence electrons. The van der Waals surface area contributed by atoms with E-state index in [1.54, 1.807) is 36.3 Å². The normalized spacial score (nSPS) is 12.2. The van der Waals surface area contributed by atoms with E-state index in [9.17, 15) is 13.2 Å². The van der Waals surface area contributed by atoms with Gasteiger partial charge in [-0.2, -0.15) is 0 Å². The molecule has 1 unspecified atom stereocenters. The third-order valence-corrected chi connectivity index (χ3v) is 7.56. The van der Waals surface area contributed by atoms with Crippen LogP contribution in [-0.4, -0.2) is 39.9 Å². The number of benzene rings is 3. The Morgan fingerprint density at radius 1 is 1.00 bits per heavy atom. The van der Waals surface area contributed by atoms with Gasteiger partial charge in [-0.05, 0) is 68.8 Å². The van der Waals surface area contributed by atoms with Gasteiger partial charge in [-0.3, -0.25) is 9.10 Å². The van der Waals surface area contributed by atoms with Crippen molar-refractivity contribution in [2.24, 2.45) is 0 Å². The van der Waals surface area contributed by atoms with Crippen LogP contribution < -0.4 is 9.04 Å². The fourth-order valence-corrected chi connectivity index (χ4v) is 4.92. The van der Waals surface area contributed by atoms with Crippen molar-refractivity contribution in [1.29, 1.82) is 0 Å². The van der Waals surface area contributed by atoms with Crippen molar-refractivity contribution in [3.63, 3.8) is 0 Å². The summed E-state index contributed by atoms with van der Waals surface area (Å²) in [5.74, 6) is 0.484. The van der Waals surface area contributed by atoms with Gasteiger partial charge in [0.1, 0.15) is 5.75 Å². The lowest BCUT2D eigenvalue weighted by atomic mass is 10.1. The molecule has 0 aromatic heterocycles. The second-order valence-electron chi connectivity index (χ2n) is 7.88. The fourth-order valence-electron chi connectivity index (χ4n) is 3.68. The smallest absolute Gasteiger partial charge is 0.264 e. The van der Waals surface area contributed by atoms with E-state index in [1.165, 1.54) is 23.5 Å². The number of hydrogen-bond acceptors (Lipinski definition) is 4. The zero-order valence-corrected chi connectivity index (χ0v) is 20.5. The Bertz CT molecular complexity index is 1220. The van der Waals surface area contributed by atoms with Crippen LogP contribution in [0.2, 0.25) is 0 Å². The molecule has 3 rings (SSSR count). The van der Waals surface area contributed by atoms with E-state index in [-0.39, 0.29) is 16.8 Å². The molecule has 6 nitrogen and oxygen atoms in total. The van der Waals surface area contributed by atoms with Crippen LogP contribution in [0.15, 0.2) is 77.7 Å². The number of ether oxygens (including phenoxy) is 1. The van der Waals surface area contributed by atoms with Gasteiger partial charge in [0.05, 0.1) is 23.7 Å². The first-order valence-corrected chi connectivity index (χ1v) is 12.2. The van der Waals surface area contributed by atoms with Crippen LogP contribution in [0.3, 0.4) is 0 Å². The molecule has 0 N–H and O–H groups in total. The second kappa shape index (κ2) is 10.1. The first kappa shape index (κ1) is 24.3. The summed E-state index contributed by atoms with van der Waals surface area (Å²) in [5, 5.41) is 0. The Morgan fingerprint density at radius 3 is 2.30 bits per heavy atom. The van der Waals surface area contributed by atoms with Crippen LogP contribution in [0.25, 0.3) is 0 Å². The number of sulfonamides is 1. The number of methoxy groups -OCH3 is 1. The molecule has 0 saturated carbocycles. The largest absolute Gasteiger partial charge is 0.497 e. The molecule has 0 aliphatic carbocycles. The van der Waals surface area contributed by atoms with Gasteiger partial charge in [0.15, 0.2) is 0 Å². The third-order valence-electron chi connectivity index (χ3n) is 5.78. The number of anilines is 1. The molecule has 0 aliphatic heterocycles. The van der Waals surface area contributed by atoms with Crippen LogP contribution in [-0.2, 0) is 10.0 Å². The van der Waals surface area contributed by atoms with Gasteiger partial charge in [0.2, 0.25) is 0 Å². The highest BCUT2D eigenvalue weighted by molar-refractivity contribution is 7.92. The van der Waals surface area contributed by atoms with Gasteiger partial charge in [-0.15, -0.1) is 0 Å². The van der Waals surface area contributed by atoms with Crippen molar-refractivity contribution in [1.82, 2.24) is 4.90 Å². The first-order valence-electron chi connectivity index (χ1n) is 10.8. The highest BCUT2D eigenvalue weighted by atomic mass is 32.2. The Labute approximate surface area is 196 Å². The minimum absolute atomic E-state index is 0.0708. The van der Waals surface area contributed by atoms with Crippen molar-refractivity contribution in [3.05, 3.63) is 89.5 Å². The van der Waals surface area contributed by atoms with E-state index in [1.807, 2.05) is 57.2 Å². The van der Waals surface area contributed by atoms with Crippen LogP contribution >= 0.6 is 0 Å². The Morgan fingerprint density at radius 2 is 1.67 bits per heavy atom. The van der Waals surface area contributed by atoms with Crippen LogP contribution in [0.1, 0.15) is 41.4 Å². The number of hydrogen-bond donors (Lipinski definition) is 0. The number of aryl methyl sites for hydroxylation is 1. The summed E-state index contributed by atoms with van der Waals surface area (Å²) in [5.41, 5.74) is 2.86. The van der Waals surface area contributed by atoms with Gasteiger partial charge in [-0.1, -0.05) is 35.9 Å². The predicted molar refractivity (Wildman–Crippen MR) is 131 cm³/mol. The fraction of sp³-hybridized carbons (Fsp3) is 0.269. The summed E-state index contributed by atoms with van der Waals surface area (Å²) in [7, 11) is -0.714. The first-order chi connectivity index (χ1) is 15.7. The molecular weight excluding hydrogens is 436 g/mol. The van der Waals surface area contributed by atoms with E-state index in [4.69, 9.17) is 4.74 Å². The maximum absolute atomic E-state index is 13.4. The van der Waals surface area contributed by atoms with Gasteiger partial charge in [-0.25, -0.2) is 8.42 Å². The lowest BCUT2D eigenvalue weighted by molar-refractivity contribution is 0.0702. The molecule has 0 bridgehead atoms. The molecule has 0 saturated heterocycles.